The van der Waals surface area contributed by atoms with Gasteiger partial charge >= 0.3 is 0 Å². The molecular formula is C34H29F3N6O5S. The first-order valence-corrected chi connectivity index (χ1v) is 16.9. The number of anilines is 1. The van der Waals surface area contributed by atoms with E-state index < -0.39 is 58.6 Å². The van der Waals surface area contributed by atoms with Crippen LogP contribution in [0.4, 0.5) is 18.9 Å². The maximum Gasteiger partial charge on any atom is 0.247 e. The highest BCUT2D eigenvalue weighted by Crippen LogP contribution is 2.34. The second-order valence-corrected chi connectivity index (χ2v) is 13.8. The zero-order chi connectivity index (χ0) is 35.2. The molecule has 252 valence electrons. The van der Waals surface area contributed by atoms with E-state index in [4.69, 9.17) is 0 Å². The van der Waals surface area contributed by atoms with Crippen LogP contribution in [0.5, 0.6) is 0 Å². The number of ketones is 1. The first-order valence-electron chi connectivity index (χ1n) is 15.0. The summed E-state index contributed by atoms with van der Waals surface area (Å²) in [5.74, 6) is -3.14. The number of Topliss-reactive ketones (excluding diaryl/α,β-unsaturated/α-hetero) is 1. The summed E-state index contributed by atoms with van der Waals surface area (Å²) >= 11 is 0. The van der Waals surface area contributed by atoms with E-state index in [2.05, 4.69) is 20.4 Å². The molecule has 0 saturated carbocycles. The van der Waals surface area contributed by atoms with Gasteiger partial charge in [-0.1, -0.05) is 18.2 Å². The molecule has 2 aromatic heterocycles. The van der Waals surface area contributed by atoms with Gasteiger partial charge in [0.2, 0.25) is 11.8 Å². The number of fused-ring (bicyclic) bond motifs is 1. The van der Waals surface area contributed by atoms with Crippen LogP contribution in [0.3, 0.4) is 0 Å². The number of hydrogen-bond donors (Lipinski definition) is 1. The molecule has 49 heavy (non-hydrogen) atoms. The molecule has 1 N–H and O–H groups in total. The van der Waals surface area contributed by atoms with Crippen LogP contribution in [0.1, 0.15) is 29.7 Å². The summed E-state index contributed by atoms with van der Waals surface area (Å²) in [7, 11) is -3.88. The van der Waals surface area contributed by atoms with Crippen LogP contribution in [0.25, 0.3) is 33.2 Å². The molecule has 3 aromatic carbocycles. The maximum atomic E-state index is 15.8. The average molecular weight is 691 g/mol. The zero-order valence-corrected chi connectivity index (χ0v) is 27.3. The fourth-order valence-corrected chi connectivity index (χ4v) is 6.78. The SMILES string of the molecule is CC(=O)c1nn(CC(=O)N2C[C@H](F)C[C@H]2C(=O)Nc2cccc(-c3cc(F)ccc3S(C)(=O)=O)c2F)c2ccc(-c3cnc(C)nc3)cc12. The number of sulfone groups is 1. The van der Waals surface area contributed by atoms with Gasteiger partial charge in [0.25, 0.3) is 0 Å². The Morgan fingerprint density at radius 2 is 1.71 bits per heavy atom. The number of benzene rings is 3. The number of alkyl halides is 1. The number of nitrogens with one attached hydrogen (secondary N) is 1. The molecule has 2 atom stereocenters. The second kappa shape index (κ2) is 12.9. The van der Waals surface area contributed by atoms with Crippen LogP contribution in [0, 0.1) is 18.6 Å². The first-order chi connectivity index (χ1) is 23.2. The van der Waals surface area contributed by atoms with Crippen molar-refractivity contribution in [3.8, 4) is 22.3 Å². The summed E-state index contributed by atoms with van der Waals surface area (Å²) in [5.41, 5.74) is 1.10. The van der Waals surface area contributed by atoms with Crippen LogP contribution in [-0.2, 0) is 26.0 Å². The lowest BCUT2D eigenvalue weighted by Gasteiger charge is -2.24. The highest BCUT2D eigenvalue weighted by atomic mass is 32.2. The Kier molecular flexibility index (Phi) is 8.79. The molecule has 0 aliphatic carbocycles. The van der Waals surface area contributed by atoms with Crippen molar-refractivity contribution >= 4 is 44.0 Å². The Morgan fingerprint density at radius 1 is 0.980 bits per heavy atom. The van der Waals surface area contributed by atoms with Gasteiger partial charge in [0.15, 0.2) is 21.4 Å². The zero-order valence-electron chi connectivity index (χ0n) is 26.4. The van der Waals surface area contributed by atoms with E-state index >= 15 is 4.39 Å². The minimum absolute atomic E-state index is 0.115. The van der Waals surface area contributed by atoms with Crippen molar-refractivity contribution in [1.29, 1.82) is 0 Å². The lowest BCUT2D eigenvalue weighted by atomic mass is 10.0. The molecular weight excluding hydrogens is 661 g/mol. The molecule has 1 fully saturated rings. The van der Waals surface area contributed by atoms with Gasteiger partial charge in [0, 0.05) is 54.1 Å². The van der Waals surface area contributed by atoms with Crippen molar-refractivity contribution in [3.05, 3.63) is 90.1 Å². The Morgan fingerprint density at radius 3 is 2.41 bits per heavy atom. The Bertz CT molecular complexity index is 2260. The predicted molar refractivity (Wildman–Crippen MR) is 174 cm³/mol. The highest BCUT2D eigenvalue weighted by molar-refractivity contribution is 7.90. The monoisotopic (exact) mass is 690 g/mol. The van der Waals surface area contributed by atoms with Crippen molar-refractivity contribution in [3.63, 3.8) is 0 Å². The van der Waals surface area contributed by atoms with Crippen molar-refractivity contribution in [1.82, 2.24) is 24.6 Å². The number of rotatable bonds is 8. The number of carbonyl (C=O) groups is 3. The molecule has 0 unspecified atom stereocenters. The third-order valence-electron chi connectivity index (χ3n) is 8.24. The molecule has 1 aliphatic rings. The van der Waals surface area contributed by atoms with E-state index in [0.29, 0.717) is 22.3 Å². The molecule has 2 amide bonds. The van der Waals surface area contributed by atoms with Gasteiger partial charge in [0.1, 0.15) is 36.1 Å². The van der Waals surface area contributed by atoms with Gasteiger partial charge in [-0.25, -0.2) is 31.6 Å². The van der Waals surface area contributed by atoms with Crippen molar-refractivity contribution in [2.24, 2.45) is 0 Å². The number of amides is 2. The van der Waals surface area contributed by atoms with E-state index in [1.165, 1.54) is 29.8 Å². The largest absolute Gasteiger partial charge is 0.326 e. The van der Waals surface area contributed by atoms with Gasteiger partial charge in [-0.3, -0.25) is 19.1 Å². The molecule has 1 saturated heterocycles. The molecule has 3 heterocycles. The lowest BCUT2D eigenvalue weighted by molar-refractivity contribution is -0.137. The maximum absolute atomic E-state index is 15.8. The van der Waals surface area contributed by atoms with Gasteiger partial charge < -0.3 is 10.2 Å². The fourth-order valence-electron chi connectivity index (χ4n) is 5.90. The normalized spacial score (nSPS) is 16.2. The molecule has 6 rings (SSSR count). The van der Waals surface area contributed by atoms with Crippen molar-refractivity contribution in [2.75, 3.05) is 18.1 Å². The quantitative estimate of drug-likeness (QED) is 0.178. The molecule has 0 spiro atoms. The summed E-state index contributed by atoms with van der Waals surface area (Å²) in [4.78, 5) is 48.7. The number of carbonyl (C=O) groups excluding carboxylic acids is 3. The van der Waals surface area contributed by atoms with Crippen molar-refractivity contribution in [2.45, 2.75) is 43.9 Å². The molecule has 1 aliphatic heterocycles. The number of aromatic nitrogens is 4. The van der Waals surface area contributed by atoms with E-state index in [9.17, 15) is 31.6 Å². The Labute approximate surface area is 278 Å². The molecule has 5 aromatic rings. The number of halogens is 3. The first kappa shape index (κ1) is 33.5. The van der Waals surface area contributed by atoms with E-state index in [1.54, 1.807) is 37.5 Å². The van der Waals surface area contributed by atoms with E-state index in [-0.39, 0.29) is 39.6 Å². The minimum atomic E-state index is -3.88. The number of hydrogen-bond acceptors (Lipinski definition) is 8. The standard InChI is InChI=1S/C34H29F3N6O5S/c1-18(44)33-26-11-20(21-14-38-19(2)39-15-21)7-9-28(26)43(41-33)17-31(45)42-16-23(36)13-29(42)34(46)40-27-6-4-5-24(32(27)37)25-12-22(35)8-10-30(25)49(3,47)48/h4-12,14-15,23,29H,13,16-17H2,1-3H3,(H,40,46)/t23-,29+/m1/s1. The van der Waals surface area contributed by atoms with E-state index in [1.807, 2.05) is 0 Å². The average Bonchev–Trinajstić information content (AvgIpc) is 3.62. The summed E-state index contributed by atoms with van der Waals surface area (Å²) < 4.78 is 70.6. The molecule has 15 heteroatoms. The molecule has 11 nitrogen and oxygen atoms in total. The van der Waals surface area contributed by atoms with Crippen LogP contribution in [0.2, 0.25) is 0 Å². The third-order valence-corrected chi connectivity index (χ3v) is 9.40. The molecule has 0 radical (unpaired) electrons. The number of likely N-dealkylation sites (tertiary alicyclic amines) is 1. The second-order valence-electron chi connectivity index (χ2n) is 11.8. The molecule has 0 bridgehead atoms. The number of nitrogens with zero attached hydrogens (tertiary/aromatic N) is 5. The fraction of sp³-hybridized carbons (Fsp3) is 0.235. The lowest BCUT2D eigenvalue weighted by Crippen LogP contribution is -2.44. The third kappa shape index (κ3) is 6.66. The van der Waals surface area contributed by atoms with Crippen molar-refractivity contribution < 1.29 is 36.0 Å². The minimum Gasteiger partial charge on any atom is -0.326 e. The summed E-state index contributed by atoms with van der Waals surface area (Å²) in [6.45, 7) is 2.26. The summed E-state index contributed by atoms with van der Waals surface area (Å²) in [5, 5.41) is 7.22. The van der Waals surface area contributed by atoms with Gasteiger partial charge in [-0.2, -0.15) is 5.10 Å². The van der Waals surface area contributed by atoms with Crippen LogP contribution in [0.15, 0.2) is 71.9 Å². The topological polar surface area (TPSA) is 144 Å². The van der Waals surface area contributed by atoms with Gasteiger partial charge in [-0.05, 0) is 48.9 Å². The van der Waals surface area contributed by atoms with Gasteiger partial charge in [0.05, 0.1) is 22.6 Å². The predicted octanol–water partition coefficient (Wildman–Crippen LogP) is 4.93. The highest BCUT2D eigenvalue weighted by Gasteiger charge is 2.40. The Hall–Kier alpha value is -5.44. The number of aryl methyl sites for hydroxylation is 1. The summed E-state index contributed by atoms with van der Waals surface area (Å²) in [6.07, 6.45) is 2.28. The van der Waals surface area contributed by atoms with Crippen LogP contribution >= 0.6 is 0 Å². The van der Waals surface area contributed by atoms with Gasteiger partial charge in [-0.15, -0.1) is 0 Å². The summed E-state index contributed by atoms with van der Waals surface area (Å²) in [6, 6.07) is 10.5. The van der Waals surface area contributed by atoms with Crippen LogP contribution < -0.4 is 5.32 Å². The Balaban J connectivity index is 1.26. The smallest absolute Gasteiger partial charge is 0.247 e. The van der Waals surface area contributed by atoms with Crippen LogP contribution in [-0.4, -0.2) is 75.7 Å². The van der Waals surface area contributed by atoms with E-state index in [0.717, 1.165) is 34.9 Å².